The standard InChI is InChI=1S/C27H42N2O4S/c1-16-9-8-10-17(2)25(32)19(4)26(33)27(6,7)23(30)14-24(31)29-22(12-11-16)18(3)13-21-15-34-20(5)28-21/h11,13,15,17,19,22-23,25,30,32H,8-10,12,14H2,1-7H3,(H,29,31)/b16-11-,18-13+/t17-,19+,22-,23-,25-/m0/s1. The molecule has 190 valence electrons. The molecule has 0 fully saturated rings. The molecule has 3 N–H and O–H groups in total. The van der Waals surface area contributed by atoms with Crippen LogP contribution in [0, 0.1) is 24.2 Å². The van der Waals surface area contributed by atoms with E-state index in [9.17, 15) is 19.8 Å². The Morgan fingerprint density at radius 2 is 1.91 bits per heavy atom. The van der Waals surface area contributed by atoms with E-state index in [1.807, 2.05) is 32.2 Å². The molecular formula is C27H42N2O4S. The zero-order chi connectivity index (χ0) is 25.6. The van der Waals surface area contributed by atoms with Gasteiger partial charge in [0.05, 0.1) is 40.8 Å². The average molecular weight is 491 g/mol. The second kappa shape index (κ2) is 12.2. The summed E-state index contributed by atoms with van der Waals surface area (Å²) < 4.78 is 0. The number of aryl methyl sites for hydroxylation is 1. The molecule has 1 aromatic rings. The Morgan fingerprint density at radius 3 is 2.53 bits per heavy atom. The highest BCUT2D eigenvalue weighted by Crippen LogP contribution is 2.32. The Kier molecular flexibility index (Phi) is 10.2. The number of thiazole rings is 1. The van der Waals surface area contributed by atoms with E-state index < -0.39 is 23.5 Å². The van der Waals surface area contributed by atoms with Crippen molar-refractivity contribution in [2.45, 2.75) is 98.8 Å². The summed E-state index contributed by atoms with van der Waals surface area (Å²) in [5.74, 6) is -1.18. The van der Waals surface area contributed by atoms with Crippen molar-refractivity contribution in [3.8, 4) is 0 Å². The van der Waals surface area contributed by atoms with Crippen LogP contribution in [-0.2, 0) is 9.59 Å². The molecule has 2 rings (SSSR count). The van der Waals surface area contributed by atoms with Crippen LogP contribution in [-0.4, -0.2) is 45.1 Å². The number of hydrogen-bond acceptors (Lipinski definition) is 6. The first kappa shape index (κ1) is 28.4. The lowest BCUT2D eigenvalue weighted by atomic mass is 9.73. The van der Waals surface area contributed by atoms with E-state index in [0.29, 0.717) is 6.42 Å². The van der Waals surface area contributed by atoms with E-state index in [0.717, 1.165) is 35.5 Å². The van der Waals surface area contributed by atoms with Crippen molar-refractivity contribution < 1.29 is 19.8 Å². The number of amides is 1. The van der Waals surface area contributed by atoms with E-state index >= 15 is 0 Å². The van der Waals surface area contributed by atoms with Crippen LogP contribution in [0.25, 0.3) is 6.08 Å². The number of carbonyl (C=O) groups is 2. The number of rotatable bonds is 2. The van der Waals surface area contributed by atoms with Crippen LogP contribution in [0.2, 0.25) is 0 Å². The fourth-order valence-electron chi connectivity index (χ4n) is 4.52. The number of aliphatic hydroxyl groups excluding tert-OH is 2. The van der Waals surface area contributed by atoms with Gasteiger partial charge in [-0.2, -0.15) is 0 Å². The number of Topliss-reactive ketones (excluding diaryl/α,β-unsaturated/α-hetero) is 1. The van der Waals surface area contributed by atoms with Crippen LogP contribution >= 0.6 is 11.3 Å². The maximum atomic E-state index is 13.2. The molecule has 6 nitrogen and oxygen atoms in total. The van der Waals surface area contributed by atoms with Crippen LogP contribution in [0.5, 0.6) is 0 Å². The molecule has 0 aromatic carbocycles. The summed E-state index contributed by atoms with van der Waals surface area (Å²) >= 11 is 1.58. The first-order valence-corrected chi connectivity index (χ1v) is 13.2. The summed E-state index contributed by atoms with van der Waals surface area (Å²) in [4.78, 5) is 30.6. The molecular weight excluding hydrogens is 448 g/mol. The van der Waals surface area contributed by atoms with Crippen molar-refractivity contribution in [1.29, 1.82) is 0 Å². The smallest absolute Gasteiger partial charge is 0.223 e. The normalized spacial score (nSPS) is 32.1. The van der Waals surface area contributed by atoms with E-state index in [-0.39, 0.29) is 30.1 Å². The third-order valence-corrected chi connectivity index (χ3v) is 7.98. The van der Waals surface area contributed by atoms with Crippen LogP contribution in [0.4, 0.5) is 0 Å². The Hall–Kier alpha value is -1.83. The van der Waals surface area contributed by atoms with Gasteiger partial charge in [0.25, 0.3) is 0 Å². The highest BCUT2D eigenvalue weighted by Gasteiger charge is 2.42. The van der Waals surface area contributed by atoms with Gasteiger partial charge in [-0.25, -0.2) is 4.98 Å². The summed E-state index contributed by atoms with van der Waals surface area (Å²) in [5.41, 5.74) is 1.94. The molecule has 0 saturated carbocycles. The molecule has 1 aliphatic heterocycles. The minimum absolute atomic E-state index is 0.0320. The largest absolute Gasteiger partial charge is 0.392 e. The van der Waals surface area contributed by atoms with Crippen LogP contribution in [0.3, 0.4) is 0 Å². The van der Waals surface area contributed by atoms with Gasteiger partial charge in [0, 0.05) is 11.3 Å². The third kappa shape index (κ3) is 7.59. The van der Waals surface area contributed by atoms with E-state index in [4.69, 9.17) is 0 Å². The fraction of sp³-hybridized carbons (Fsp3) is 0.667. The molecule has 0 bridgehead atoms. The number of nitrogens with one attached hydrogen (secondary N) is 1. The van der Waals surface area contributed by atoms with Gasteiger partial charge >= 0.3 is 0 Å². The van der Waals surface area contributed by atoms with Gasteiger partial charge in [-0.15, -0.1) is 11.3 Å². The minimum Gasteiger partial charge on any atom is -0.392 e. The Morgan fingerprint density at radius 1 is 1.24 bits per heavy atom. The molecule has 1 aromatic heterocycles. The Balaban J connectivity index is 2.33. The van der Waals surface area contributed by atoms with Gasteiger partial charge in [0.2, 0.25) is 5.91 Å². The number of aliphatic hydroxyl groups is 2. The predicted molar refractivity (Wildman–Crippen MR) is 138 cm³/mol. The van der Waals surface area contributed by atoms with Gasteiger partial charge in [0.1, 0.15) is 5.78 Å². The number of carbonyl (C=O) groups excluding carboxylic acids is 2. The van der Waals surface area contributed by atoms with Gasteiger partial charge in [-0.3, -0.25) is 9.59 Å². The molecule has 1 aliphatic rings. The average Bonchev–Trinajstić information content (AvgIpc) is 3.18. The van der Waals surface area contributed by atoms with Crippen molar-refractivity contribution >= 4 is 29.1 Å². The first-order chi connectivity index (χ1) is 15.8. The summed E-state index contributed by atoms with van der Waals surface area (Å²) in [6, 6.07) is -0.233. The molecule has 2 heterocycles. The zero-order valence-corrected chi connectivity index (χ0v) is 22.5. The van der Waals surface area contributed by atoms with Crippen LogP contribution < -0.4 is 5.32 Å². The highest BCUT2D eigenvalue weighted by atomic mass is 32.1. The van der Waals surface area contributed by atoms with Crippen molar-refractivity contribution in [3.05, 3.63) is 33.3 Å². The summed E-state index contributed by atoms with van der Waals surface area (Å²) in [6.07, 6.45) is 5.30. The Bertz CT molecular complexity index is 917. The van der Waals surface area contributed by atoms with E-state index in [1.54, 1.807) is 32.1 Å². The topological polar surface area (TPSA) is 99.5 Å². The number of aromatic nitrogens is 1. The maximum Gasteiger partial charge on any atom is 0.223 e. The third-order valence-electron chi connectivity index (χ3n) is 7.19. The first-order valence-electron chi connectivity index (χ1n) is 12.3. The molecule has 0 saturated heterocycles. The summed E-state index contributed by atoms with van der Waals surface area (Å²) in [6.45, 7) is 13.0. The molecule has 0 unspecified atom stereocenters. The monoisotopic (exact) mass is 490 g/mol. The van der Waals surface area contributed by atoms with Gasteiger partial charge in [-0.1, -0.05) is 39.3 Å². The molecule has 0 radical (unpaired) electrons. The molecule has 7 heteroatoms. The lowest BCUT2D eigenvalue weighted by molar-refractivity contribution is -0.143. The van der Waals surface area contributed by atoms with Crippen molar-refractivity contribution in [1.82, 2.24) is 10.3 Å². The predicted octanol–water partition coefficient (Wildman–Crippen LogP) is 4.84. The lowest BCUT2D eigenvalue weighted by Crippen LogP contribution is -2.47. The van der Waals surface area contributed by atoms with Gasteiger partial charge < -0.3 is 15.5 Å². The number of allylic oxidation sites excluding steroid dienone is 1. The quantitative estimate of drug-likeness (QED) is 0.515. The zero-order valence-electron chi connectivity index (χ0n) is 21.7. The number of nitrogens with zero attached hydrogens (tertiary/aromatic N) is 1. The van der Waals surface area contributed by atoms with Crippen molar-refractivity contribution in [2.24, 2.45) is 17.3 Å². The van der Waals surface area contributed by atoms with Crippen LogP contribution in [0.15, 0.2) is 22.6 Å². The second-order valence-electron chi connectivity index (χ2n) is 10.5. The summed E-state index contributed by atoms with van der Waals surface area (Å²) in [5, 5.41) is 27.7. The molecule has 1 amide bonds. The molecule has 0 aliphatic carbocycles. The number of hydrogen-bond donors (Lipinski definition) is 3. The summed E-state index contributed by atoms with van der Waals surface area (Å²) in [7, 11) is 0. The van der Waals surface area contributed by atoms with Gasteiger partial charge in [-0.05, 0) is 64.0 Å². The van der Waals surface area contributed by atoms with E-state index in [1.165, 1.54) is 5.57 Å². The molecule has 5 atom stereocenters. The van der Waals surface area contributed by atoms with Crippen molar-refractivity contribution in [3.63, 3.8) is 0 Å². The highest BCUT2D eigenvalue weighted by molar-refractivity contribution is 7.09. The number of ketones is 1. The maximum absolute atomic E-state index is 13.2. The fourth-order valence-corrected chi connectivity index (χ4v) is 5.09. The van der Waals surface area contributed by atoms with Crippen molar-refractivity contribution in [2.75, 3.05) is 0 Å². The minimum atomic E-state index is -1.15. The van der Waals surface area contributed by atoms with Crippen LogP contribution in [0.1, 0.15) is 84.3 Å². The Labute approximate surface area is 208 Å². The van der Waals surface area contributed by atoms with Gasteiger partial charge in [0.15, 0.2) is 0 Å². The lowest BCUT2D eigenvalue weighted by Gasteiger charge is -2.34. The molecule has 0 spiro atoms. The second-order valence-corrected chi connectivity index (χ2v) is 11.6. The SMILES string of the molecule is C/C1=C/C[C@@H](/C(C)=C/c2csc(C)n2)NC(=O)C[C@H](O)C(C)(C)C(=O)[C@H](C)[C@@H](O)[C@@H](C)CCC1. The molecule has 34 heavy (non-hydrogen) atoms. The van der Waals surface area contributed by atoms with E-state index in [2.05, 4.69) is 23.3 Å².